The summed E-state index contributed by atoms with van der Waals surface area (Å²) < 4.78 is 0. The summed E-state index contributed by atoms with van der Waals surface area (Å²) in [6.07, 6.45) is 8.30. The van der Waals surface area contributed by atoms with Gasteiger partial charge in [0.25, 0.3) is 0 Å². The summed E-state index contributed by atoms with van der Waals surface area (Å²) in [6.45, 7) is 7.85. The molecular weight excluding hydrogens is 158 g/mol. The lowest BCUT2D eigenvalue weighted by atomic mass is 10.1. The monoisotopic (exact) mass is 185 g/mol. The molecule has 0 N–H and O–H groups in total. The molecule has 1 saturated heterocycles. The van der Waals surface area contributed by atoms with E-state index in [-0.39, 0.29) is 0 Å². The van der Waals surface area contributed by atoms with Gasteiger partial charge in [0.15, 0.2) is 0 Å². The normalized spacial score (nSPS) is 22.6. The van der Waals surface area contributed by atoms with Crippen LogP contribution in [0.3, 0.4) is 0 Å². The number of hydrogen-bond donors (Lipinski definition) is 0. The third-order valence-corrected chi connectivity index (χ3v) is 2.56. The van der Waals surface area contributed by atoms with Crippen molar-refractivity contribution in [1.29, 1.82) is 0 Å². The van der Waals surface area contributed by atoms with E-state index >= 15 is 0 Å². The Hall–Kier alpha value is -0.0400. The highest BCUT2D eigenvalue weighted by atomic mass is 15.1. The van der Waals surface area contributed by atoms with Gasteiger partial charge in [-0.2, -0.15) is 0 Å². The molecule has 0 amide bonds. The van der Waals surface area contributed by atoms with Gasteiger partial charge in [-0.3, -0.25) is 0 Å². The molecule has 13 heavy (non-hydrogen) atoms. The van der Waals surface area contributed by atoms with Gasteiger partial charge < -0.3 is 4.90 Å². The molecule has 0 aromatic rings. The van der Waals surface area contributed by atoms with E-state index in [4.69, 9.17) is 0 Å². The molecule has 0 aromatic heterocycles. The molecule has 1 unspecified atom stereocenters. The Kier molecular flexibility index (Phi) is 8.53. The summed E-state index contributed by atoms with van der Waals surface area (Å²) in [7, 11) is 2.26. The van der Waals surface area contributed by atoms with Crippen molar-refractivity contribution in [3.8, 4) is 0 Å². The first-order valence-corrected chi connectivity index (χ1v) is 5.96. The highest BCUT2D eigenvalue weighted by Crippen LogP contribution is 2.19. The Morgan fingerprint density at radius 2 is 1.85 bits per heavy atom. The lowest BCUT2D eigenvalue weighted by molar-refractivity contribution is 0.291. The predicted octanol–water partition coefficient (Wildman–Crippen LogP) is 3.69. The molecule has 0 spiro atoms. The lowest BCUT2D eigenvalue weighted by Crippen LogP contribution is -2.24. The van der Waals surface area contributed by atoms with Crippen LogP contribution in [0.5, 0.6) is 0 Å². The van der Waals surface area contributed by atoms with E-state index in [1.54, 1.807) is 0 Å². The molecule has 0 saturated carbocycles. The van der Waals surface area contributed by atoms with Crippen molar-refractivity contribution in [3.63, 3.8) is 0 Å². The number of likely N-dealkylation sites (tertiary alicyclic amines) is 1. The highest BCUT2D eigenvalue weighted by Gasteiger charge is 2.19. The minimum Gasteiger partial charge on any atom is -0.303 e. The zero-order chi connectivity index (χ0) is 10.1. The third-order valence-electron chi connectivity index (χ3n) is 2.56. The molecule has 1 aliphatic heterocycles. The molecule has 80 valence electrons. The summed E-state index contributed by atoms with van der Waals surface area (Å²) in [5.41, 5.74) is 0. The van der Waals surface area contributed by atoms with Crippen molar-refractivity contribution in [3.05, 3.63) is 0 Å². The fourth-order valence-electron chi connectivity index (χ4n) is 1.78. The SMILES string of the molecule is CCC.CCCCC1CCCN1C. The molecule has 1 atom stereocenters. The fraction of sp³-hybridized carbons (Fsp3) is 1.00. The second kappa shape index (κ2) is 8.55. The summed E-state index contributed by atoms with van der Waals surface area (Å²) in [5, 5.41) is 0. The fourth-order valence-corrected chi connectivity index (χ4v) is 1.78. The standard InChI is InChI=1S/C9H19N.C3H8/c1-3-4-6-9-7-5-8-10(9)2;1-3-2/h9H,3-8H2,1-2H3;3H2,1-2H3. The average Bonchev–Trinajstić information content (AvgIpc) is 2.49. The van der Waals surface area contributed by atoms with Crippen LogP contribution in [0.15, 0.2) is 0 Å². The summed E-state index contributed by atoms with van der Waals surface area (Å²) in [4.78, 5) is 2.51. The van der Waals surface area contributed by atoms with Crippen LogP contribution >= 0.6 is 0 Å². The van der Waals surface area contributed by atoms with Crippen molar-refractivity contribution in [2.24, 2.45) is 0 Å². The van der Waals surface area contributed by atoms with Crippen molar-refractivity contribution in [2.45, 2.75) is 65.3 Å². The largest absolute Gasteiger partial charge is 0.303 e. The first-order chi connectivity index (χ1) is 6.26. The van der Waals surface area contributed by atoms with E-state index in [9.17, 15) is 0 Å². The molecule has 0 bridgehead atoms. The Balaban J connectivity index is 0.000000424. The van der Waals surface area contributed by atoms with Crippen LogP contribution in [-0.4, -0.2) is 24.5 Å². The first-order valence-electron chi connectivity index (χ1n) is 5.96. The number of rotatable bonds is 3. The smallest absolute Gasteiger partial charge is 0.00926 e. The maximum atomic E-state index is 2.51. The zero-order valence-electron chi connectivity index (χ0n) is 9.97. The first kappa shape index (κ1) is 13.0. The topological polar surface area (TPSA) is 3.24 Å². The van der Waals surface area contributed by atoms with Gasteiger partial charge in [-0.25, -0.2) is 0 Å². The van der Waals surface area contributed by atoms with Crippen LogP contribution in [0.25, 0.3) is 0 Å². The van der Waals surface area contributed by atoms with Crippen LogP contribution in [0.1, 0.15) is 59.3 Å². The molecule has 0 aromatic carbocycles. The molecule has 1 heteroatoms. The van der Waals surface area contributed by atoms with Crippen LogP contribution in [0.4, 0.5) is 0 Å². The molecule has 1 heterocycles. The average molecular weight is 185 g/mol. The Morgan fingerprint density at radius 3 is 2.23 bits per heavy atom. The van der Waals surface area contributed by atoms with Gasteiger partial charge in [0.05, 0.1) is 0 Å². The van der Waals surface area contributed by atoms with Crippen molar-refractivity contribution in [2.75, 3.05) is 13.6 Å². The molecule has 1 nitrogen and oxygen atoms in total. The quantitative estimate of drug-likeness (QED) is 0.648. The molecule has 0 aliphatic carbocycles. The van der Waals surface area contributed by atoms with Gasteiger partial charge in [-0.05, 0) is 32.9 Å². The van der Waals surface area contributed by atoms with Crippen LogP contribution < -0.4 is 0 Å². The predicted molar refractivity (Wildman–Crippen MR) is 61.1 cm³/mol. The Labute approximate surface area is 84.5 Å². The lowest BCUT2D eigenvalue weighted by Gasteiger charge is -2.18. The maximum Gasteiger partial charge on any atom is 0.00926 e. The number of hydrogen-bond acceptors (Lipinski definition) is 1. The van der Waals surface area contributed by atoms with Crippen molar-refractivity contribution < 1.29 is 0 Å². The second-order valence-electron chi connectivity index (χ2n) is 4.13. The summed E-state index contributed by atoms with van der Waals surface area (Å²) in [6, 6.07) is 0.917. The zero-order valence-corrected chi connectivity index (χ0v) is 9.97. The van der Waals surface area contributed by atoms with E-state index in [0.29, 0.717) is 0 Å². The summed E-state index contributed by atoms with van der Waals surface area (Å²) >= 11 is 0. The van der Waals surface area contributed by atoms with E-state index in [1.165, 1.54) is 45.1 Å². The van der Waals surface area contributed by atoms with Gasteiger partial charge >= 0.3 is 0 Å². The molecule has 1 rings (SSSR count). The Morgan fingerprint density at radius 1 is 1.23 bits per heavy atom. The molecule has 0 radical (unpaired) electrons. The van der Waals surface area contributed by atoms with Crippen molar-refractivity contribution >= 4 is 0 Å². The van der Waals surface area contributed by atoms with Crippen LogP contribution in [0.2, 0.25) is 0 Å². The van der Waals surface area contributed by atoms with Crippen LogP contribution in [-0.2, 0) is 0 Å². The van der Waals surface area contributed by atoms with Gasteiger partial charge in [-0.15, -0.1) is 0 Å². The number of nitrogens with zero attached hydrogens (tertiary/aromatic N) is 1. The van der Waals surface area contributed by atoms with E-state index in [1.807, 2.05) is 0 Å². The summed E-state index contributed by atoms with van der Waals surface area (Å²) in [5.74, 6) is 0. The minimum atomic E-state index is 0.917. The second-order valence-corrected chi connectivity index (χ2v) is 4.13. The number of unbranched alkanes of at least 4 members (excludes halogenated alkanes) is 1. The highest BCUT2D eigenvalue weighted by molar-refractivity contribution is 4.75. The van der Waals surface area contributed by atoms with Gasteiger partial charge in [-0.1, -0.05) is 40.0 Å². The van der Waals surface area contributed by atoms with Gasteiger partial charge in [0.2, 0.25) is 0 Å². The molecule has 1 aliphatic rings. The minimum absolute atomic E-state index is 0.917. The molecular formula is C12H27N. The maximum absolute atomic E-state index is 2.51. The van der Waals surface area contributed by atoms with Gasteiger partial charge in [0, 0.05) is 6.04 Å². The van der Waals surface area contributed by atoms with Gasteiger partial charge in [0.1, 0.15) is 0 Å². The van der Waals surface area contributed by atoms with Crippen molar-refractivity contribution in [1.82, 2.24) is 4.90 Å². The molecule has 1 fully saturated rings. The van der Waals surface area contributed by atoms with Crippen LogP contribution in [0, 0.1) is 0 Å². The third kappa shape index (κ3) is 6.09. The van der Waals surface area contributed by atoms with E-state index in [2.05, 4.69) is 32.7 Å². The van der Waals surface area contributed by atoms with E-state index in [0.717, 1.165) is 6.04 Å². The Bertz CT molecular complexity index is 101. The van der Waals surface area contributed by atoms with E-state index < -0.39 is 0 Å².